The van der Waals surface area contributed by atoms with E-state index in [1.165, 1.54) is 18.6 Å². The van der Waals surface area contributed by atoms with Crippen LogP contribution in [0.25, 0.3) is 0 Å². The first kappa shape index (κ1) is 13.4. The van der Waals surface area contributed by atoms with Crippen LogP contribution in [0.1, 0.15) is 25.8 Å². The monoisotopic (exact) mass is 266 g/mol. The van der Waals surface area contributed by atoms with Crippen molar-refractivity contribution < 1.29 is 4.39 Å². The van der Waals surface area contributed by atoms with E-state index < -0.39 is 0 Å². The summed E-state index contributed by atoms with van der Waals surface area (Å²) in [5.41, 5.74) is 1.85. The van der Waals surface area contributed by atoms with Gasteiger partial charge in [-0.05, 0) is 43.0 Å². The van der Waals surface area contributed by atoms with E-state index in [-0.39, 0.29) is 5.82 Å². The summed E-state index contributed by atoms with van der Waals surface area (Å²) in [5, 5.41) is 4.82. The van der Waals surface area contributed by atoms with Crippen LogP contribution < -0.4 is 5.32 Å². The number of anilines is 1. The molecule has 1 N–H and O–H groups in total. The van der Waals surface area contributed by atoms with Crippen molar-refractivity contribution in [2.75, 3.05) is 11.9 Å². The Kier molecular flexibility index (Phi) is 4.27. The molecule has 1 atom stereocenters. The molecule has 0 fully saturated rings. The van der Waals surface area contributed by atoms with Gasteiger partial charge in [-0.2, -0.15) is 0 Å². The molecule has 4 heteroatoms. The fourth-order valence-corrected chi connectivity index (χ4v) is 3.28. The predicted molar refractivity (Wildman–Crippen MR) is 77.9 cm³/mol. The molecule has 0 aliphatic carbocycles. The number of aryl methyl sites for hydroxylation is 1. The van der Waals surface area contributed by atoms with Gasteiger partial charge in [-0.1, -0.05) is 25.6 Å². The van der Waals surface area contributed by atoms with Gasteiger partial charge in [0.2, 0.25) is 0 Å². The van der Waals surface area contributed by atoms with E-state index in [4.69, 9.17) is 0 Å². The van der Waals surface area contributed by atoms with Crippen LogP contribution >= 0.6 is 11.8 Å². The maximum Gasteiger partial charge on any atom is 0.161 e. The molecule has 1 aliphatic rings. The van der Waals surface area contributed by atoms with Crippen LogP contribution in [-0.2, 0) is 0 Å². The first-order valence-electron chi connectivity index (χ1n) is 6.29. The summed E-state index contributed by atoms with van der Waals surface area (Å²) in [6, 6.07) is 4.78. The Bertz CT molecular complexity index is 457. The zero-order valence-corrected chi connectivity index (χ0v) is 11.9. The van der Waals surface area contributed by atoms with Crippen LogP contribution in [0, 0.1) is 18.7 Å². The predicted octanol–water partition coefficient (Wildman–Crippen LogP) is 4.06. The van der Waals surface area contributed by atoms with Crippen molar-refractivity contribution in [2.24, 2.45) is 10.9 Å². The molecule has 0 bridgehead atoms. The van der Waals surface area contributed by atoms with Gasteiger partial charge in [0, 0.05) is 10.9 Å². The van der Waals surface area contributed by atoms with Crippen LogP contribution in [0.3, 0.4) is 0 Å². The Morgan fingerprint density at radius 3 is 2.94 bits per heavy atom. The first-order chi connectivity index (χ1) is 8.54. The number of thioether (sulfide) groups is 1. The molecular weight excluding hydrogens is 247 g/mol. The number of amidine groups is 1. The summed E-state index contributed by atoms with van der Waals surface area (Å²) in [6.45, 7) is 7.24. The molecule has 0 amide bonds. The van der Waals surface area contributed by atoms with E-state index in [9.17, 15) is 4.39 Å². The fraction of sp³-hybridized carbons (Fsp3) is 0.500. The number of hydrogen-bond donors (Lipinski definition) is 1. The second-order valence-electron chi connectivity index (χ2n) is 5.10. The number of aliphatic imine (C=N–C) groups is 1. The highest BCUT2D eigenvalue weighted by molar-refractivity contribution is 8.15. The first-order valence-corrected chi connectivity index (χ1v) is 7.17. The highest BCUT2D eigenvalue weighted by atomic mass is 32.2. The average Bonchev–Trinajstić information content (AvgIpc) is 2.69. The van der Waals surface area contributed by atoms with Gasteiger partial charge in [0.15, 0.2) is 5.17 Å². The molecule has 0 radical (unpaired) electrons. The smallest absolute Gasteiger partial charge is 0.161 e. The molecule has 18 heavy (non-hydrogen) atoms. The maximum atomic E-state index is 13.0. The molecule has 98 valence electrons. The summed E-state index contributed by atoms with van der Waals surface area (Å²) in [6.07, 6.45) is 1.18. The molecule has 0 spiro atoms. The SMILES string of the molecule is Cc1cc(F)ccc1NC1=NCC(CC(C)C)S1. The lowest BCUT2D eigenvalue weighted by Crippen LogP contribution is -2.10. The molecule has 2 rings (SSSR count). The second kappa shape index (κ2) is 5.74. The van der Waals surface area contributed by atoms with E-state index in [0.29, 0.717) is 11.2 Å². The van der Waals surface area contributed by atoms with Gasteiger partial charge in [-0.15, -0.1) is 0 Å². The van der Waals surface area contributed by atoms with Gasteiger partial charge in [0.05, 0.1) is 6.54 Å². The normalized spacial score (nSPS) is 19.2. The molecule has 0 saturated heterocycles. The minimum atomic E-state index is -0.197. The number of benzene rings is 1. The van der Waals surface area contributed by atoms with Crippen molar-refractivity contribution in [3.63, 3.8) is 0 Å². The van der Waals surface area contributed by atoms with Crippen LogP contribution in [-0.4, -0.2) is 17.0 Å². The molecule has 0 aromatic heterocycles. The Morgan fingerprint density at radius 1 is 1.50 bits per heavy atom. The highest BCUT2D eigenvalue weighted by Crippen LogP contribution is 2.28. The standard InChI is InChI=1S/C14H19FN2S/c1-9(2)6-12-8-16-14(18-12)17-13-5-4-11(15)7-10(13)3/h4-5,7,9,12H,6,8H2,1-3H3,(H,16,17). The molecule has 1 unspecified atom stereocenters. The molecule has 2 nitrogen and oxygen atoms in total. The number of rotatable bonds is 3. The van der Waals surface area contributed by atoms with Gasteiger partial charge in [0.25, 0.3) is 0 Å². The number of halogens is 1. The van der Waals surface area contributed by atoms with Crippen molar-refractivity contribution in [1.82, 2.24) is 0 Å². The van der Waals surface area contributed by atoms with Crippen molar-refractivity contribution in [3.8, 4) is 0 Å². The summed E-state index contributed by atoms with van der Waals surface area (Å²) in [4.78, 5) is 4.50. The zero-order chi connectivity index (χ0) is 13.1. The van der Waals surface area contributed by atoms with Gasteiger partial charge in [0.1, 0.15) is 5.82 Å². The van der Waals surface area contributed by atoms with Crippen LogP contribution in [0.2, 0.25) is 0 Å². The van der Waals surface area contributed by atoms with Gasteiger partial charge < -0.3 is 5.32 Å². The van der Waals surface area contributed by atoms with Crippen molar-refractivity contribution in [3.05, 3.63) is 29.6 Å². The summed E-state index contributed by atoms with van der Waals surface area (Å²) >= 11 is 1.79. The zero-order valence-electron chi connectivity index (χ0n) is 11.0. The minimum absolute atomic E-state index is 0.197. The summed E-state index contributed by atoms with van der Waals surface area (Å²) in [7, 11) is 0. The van der Waals surface area contributed by atoms with Crippen molar-refractivity contribution in [1.29, 1.82) is 0 Å². The molecule has 1 aromatic rings. The largest absolute Gasteiger partial charge is 0.335 e. The third-order valence-electron chi connectivity index (χ3n) is 2.88. The number of nitrogens with zero attached hydrogens (tertiary/aromatic N) is 1. The van der Waals surface area contributed by atoms with Crippen LogP contribution in [0.4, 0.5) is 10.1 Å². The van der Waals surface area contributed by atoms with Crippen LogP contribution in [0.5, 0.6) is 0 Å². The van der Waals surface area contributed by atoms with E-state index in [1.807, 2.05) is 6.92 Å². The summed E-state index contributed by atoms with van der Waals surface area (Å²) in [5.74, 6) is 0.501. The fourth-order valence-electron chi connectivity index (χ4n) is 2.02. The van der Waals surface area contributed by atoms with Gasteiger partial charge in [-0.25, -0.2) is 4.39 Å². The third-order valence-corrected chi connectivity index (χ3v) is 4.01. The minimum Gasteiger partial charge on any atom is -0.335 e. The van der Waals surface area contributed by atoms with Gasteiger partial charge in [-0.3, -0.25) is 4.99 Å². The molecule has 1 aliphatic heterocycles. The van der Waals surface area contributed by atoms with E-state index in [0.717, 1.165) is 23.0 Å². The Labute approximate surface area is 112 Å². The Hall–Kier alpha value is -1.03. The highest BCUT2D eigenvalue weighted by Gasteiger charge is 2.20. The molecule has 1 heterocycles. The van der Waals surface area contributed by atoms with E-state index in [2.05, 4.69) is 24.2 Å². The second-order valence-corrected chi connectivity index (χ2v) is 6.39. The molecule has 1 aromatic carbocycles. The van der Waals surface area contributed by atoms with Gasteiger partial charge >= 0.3 is 0 Å². The Morgan fingerprint density at radius 2 is 2.28 bits per heavy atom. The summed E-state index contributed by atoms with van der Waals surface area (Å²) < 4.78 is 13.0. The maximum absolute atomic E-state index is 13.0. The van der Waals surface area contributed by atoms with E-state index >= 15 is 0 Å². The third kappa shape index (κ3) is 3.48. The molecular formula is C14H19FN2S. The number of nitrogens with one attached hydrogen (secondary N) is 1. The molecule has 0 saturated carbocycles. The average molecular weight is 266 g/mol. The van der Waals surface area contributed by atoms with E-state index in [1.54, 1.807) is 17.8 Å². The topological polar surface area (TPSA) is 24.4 Å². The lowest BCUT2D eigenvalue weighted by atomic mass is 10.1. The van der Waals surface area contributed by atoms with Crippen molar-refractivity contribution >= 4 is 22.6 Å². The number of hydrogen-bond acceptors (Lipinski definition) is 3. The van der Waals surface area contributed by atoms with Crippen molar-refractivity contribution in [2.45, 2.75) is 32.4 Å². The van der Waals surface area contributed by atoms with Crippen LogP contribution in [0.15, 0.2) is 23.2 Å². The lowest BCUT2D eigenvalue weighted by Gasteiger charge is -2.12. The quantitative estimate of drug-likeness (QED) is 0.892. The Balaban J connectivity index is 1.95. The lowest BCUT2D eigenvalue weighted by molar-refractivity contribution is 0.575.